The van der Waals surface area contributed by atoms with Crippen molar-refractivity contribution in [1.82, 2.24) is 4.90 Å². The van der Waals surface area contributed by atoms with Gasteiger partial charge in [-0.2, -0.15) is 0 Å². The molecule has 0 radical (unpaired) electrons. The van der Waals surface area contributed by atoms with Gasteiger partial charge in [-0.3, -0.25) is 0 Å². The Morgan fingerprint density at radius 1 is 0.944 bits per heavy atom. The van der Waals surface area contributed by atoms with Gasteiger partial charge in [-0.1, -0.05) is 0 Å². The first-order chi connectivity index (χ1) is 8.73. The van der Waals surface area contributed by atoms with Crippen LogP contribution in [0.1, 0.15) is 51.4 Å². The molecule has 0 aromatic heterocycles. The van der Waals surface area contributed by atoms with Gasteiger partial charge in [-0.05, 0) is 87.6 Å². The van der Waals surface area contributed by atoms with E-state index in [0.29, 0.717) is 5.41 Å². The smallest absolute Gasteiger partial charge is 0.0723 e. The molecule has 0 aromatic carbocycles. The first-order valence-corrected chi connectivity index (χ1v) is 8.14. The number of nitrogens with zero attached hydrogens (tertiary/aromatic N) is 1. The van der Waals surface area contributed by atoms with Crippen LogP contribution < -0.4 is 0 Å². The minimum Gasteiger partial charge on any atom is -0.391 e. The molecule has 2 nitrogen and oxygen atoms in total. The minimum atomic E-state index is -0.0380. The molecule has 0 spiro atoms. The van der Waals surface area contributed by atoms with Crippen LogP contribution in [0, 0.1) is 23.2 Å². The zero-order chi connectivity index (χ0) is 12.2. The Bertz CT molecular complexity index is 286. The van der Waals surface area contributed by atoms with E-state index in [1.165, 1.54) is 64.5 Å². The molecule has 2 heteroatoms. The van der Waals surface area contributed by atoms with E-state index < -0.39 is 0 Å². The van der Waals surface area contributed by atoms with Crippen LogP contribution in [0.15, 0.2) is 0 Å². The van der Waals surface area contributed by atoms with E-state index in [4.69, 9.17) is 0 Å². The topological polar surface area (TPSA) is 23.5 Å². The molecule has 1 atom stereocenters. The van der Waals surface area contributed by atoms with Gasteiger partial charge in [0.1, 0.15) is 0 Å². The molecular formula is C16H27NO. The van der Waals surface area contributed by atoms with Gasteiger partial charge in [-0.25, -0.2) is 0 Å². The van der Waals surface area contributed by atoms with Gasteiger partial charge < -0.3 is 10.0 Å². The third-order valence-electron chi connectivity index (χ3n) is 6.42. The van der Waals surface area contributed by atoms with Crippen molar-refractivity contribution < 1.29 is 5.11 Å². The summed E-state index contributed by atoms with van der Waals surface area (Å²) >= 11 is 0. The van der Waals surface area contributed by atoms with E-state index in [0.717, 1.165) is 24.3 Å². The number of aliphatic hydroxyl groups excluding tert-OH is 1. The highest BCUT2D eigenvalue weighted by atomic mass is 16.3. The van der Waals surface area contributed by atoms with Crippen LogP contribution in [-0.4, -0.2) is 35.7 Å². The van der Waals surface area contributed by atoms with Crippen molar-refractivity contribution in [3.63, 3.8) is 0 Å². The molecule has 4 saturated carbocycles. The maximum Gasteiger partial charge on any atom is 0.0723 e. The number of rotatable bonds is 3. The molecule has 1 heterocycles. The number of hydrogen-bond acceptors (Lipinski definition) is 2. The summed E-state index contributed by atoms with van der Waals surface area (Å²) in [4.78, 5) is 2.50. The summed E-state index contributed by atoms with van der Waals surface area (Å²) in [5, 5.41) is 10.8. The average molecular weight is 249 g/mol. The van der Waals surface area contributed by atoms with E-state index in [-0.39, 0.29) is 6.10 Å². The van der Waals surface area contributed by atoms with Crippen LogP contribution in [0.3, 0.4) is 0 Å². The second kappa shape index (κ2) is 4.21. The minimum absolute atomic E-state index is 0.0380. The quantitative estimate of drug-likeness (QED) is 0.831. The van der Waals surface area contributed by atoms with Crippen molar-refractivity contribution in [2.75, 3.05) is 19.6 Å². The molecule has 1 saturated heterocycles. The fourth-order valence-electron chi connectivity index (χ4n) is 5.99. The Labute approximate surface area is 111 Å². The van der Waals surface area contributed by atoms with Gasteiger partial charge in [0, 0.05) is 6.54 Å². The molecule has 4 bridgehead atoms. The Balaban J connectivity index is 1.48. The zero-order valence-corrected chi connectivity index (χ0v) is 11.5. The summed E-state index contributed by atoms with van der Waals surface area (Å²) in [5.41, 5.74) is 0.331. The lowest BCUT2D eigenvalue weighted by Crippen LogP contribution is -2.54. The molecule has 102 valence electrons. The van der Waals surface area contributed by atoms with Crippen LogP contribution in [-0.2, 0) is 0 Å². The second-order valence-corrected chi connectivity index (χ2v) is 7.80. The number of hydrogen-bond donors (Lipinski definition) is 1. The largest absolute Gasteiger partial charge is 0.391 e. The summed E-state index contributed by atoms with van der Waals surface area (Å²) in [7, 11) is 0. The molecule has 1 aliphatic heterocycles. The van der Waals surface area contributed by atoms with Gasteiger partial charge in [0.05, 0.1) is 6.10 Å². The van der Waals surface area contributed by atoms with E-state index >= 15 is 0 Å². The third-order valence-corrected chi connectivity index (χ3v) is 6.42. The standard InChI is InChI=1S/C16H27NO/c18-15(11-17-3-1-2-4-17)16-8-12-5-13(9-16)7-14(6-12)10-16/h12-15,18H,1-11H2. The highest BCUT2D eigenvalue weighted by molar-refractivity contribution is 5.04. The highest BCUT2D eigenvalue weighted by Crippen LogP contribution is 2.61. The van der Waals surface area contributed by atoms with Crippen LogP contribution in [0.4, 0.5) is 0 Å². The van der Waals surface area contributed by atoms with E-state index in [2.05, 4.69) is 4.90 Å². The predicted octanol–water partition coefficient (Wildman–Crippen LogP) is 2.66. The molecule has 4 aliphatic carbocycles. The normalized spacial score (nSPS) is 48.8. The van der Waals surface area contributed by atoms with Crippen molar-refractivity contribution in [3.05, 3.63) is 0 Å². The molecule has 18 heavy (non-hydrogen) atoms. The lowest BCUT2D eigenvalue weighted by atomic mass is 9.48. The van der Waals surface area contributed by atoms with Crippen LogP contribution in [0.2, 0.25) is 0 Å². The first kappa shape index (κ1) is 11.7. The van der Waals surface area contributed by atoms with Gasteiger partial charge in [-0.15, -0.1) is 0 Å². The summed E-state index contributed by atoms with van der Waals surface area (Å²) in [6.07, 6.45) is 11.1. The summed E-state index contributed by atoms with van der Waals surface area (Å²) < 4.78 is 0. The van der Waals surface area contributed by atoms with Gasteiger partial charge in [0.2, 0.25) is 0 Å². The molecule has 0 amide bonds. The predicted molar refractivity (Wildman–Crippen MR) is 72.3 cm³/mol. The molecule has 1 N–H and O–H groups in total. The Morgan fingerprint density at radius 3 is 1.94 bits per heavy atom. The van der Waals surface area contributed by atoms with E-state index in [1.54, 1.807) is 0 Å². The van der Waals surface area contributed by atoms with Crippen LogP contribution >= 0.6 is 0 Å². The lowest BCUT2D eigenvalue weighted by molar-refractivity contribution is -0.125. The fourth-order valence-corrected chi connectivity index (χ4v) is 5.99. The molecule has 5 rings (SSSR count). The Hall–Kier alpha value is -0.0800. The molecule has 5 aliphatic rings. The van der Waals surface area contributed by atoms with Gasteiger partial charge >= 0.3 is 0 Å². The van der Waals surface area contributed by atoms with Gasteiger partial charge in [0.15, 0.2) is 0 Å². The zero-order valence-electron chi connectivity index (χ0n) is 11.5. The molecule has 0 aromatic rings. The molecule has 1 unspecified atom stereocenters. The summed E-state index contributed by atoms with van der Waals surface area (Å²) in [5.74, 6) is 2.89. The average Bonchev–Trinajstić information content (AvgIpc) is 2.79. The fraction of sp³-hybridized carbons (Fsp3) is 1.00. The van der Waals surface area contributed by atoms with E-state index in [9.17, 15) is 5.11 Å². The Kier molecular flexibility index (Phi) is 2.74. The van der Waals surface area contributed by atoms with Crippen LogP contribution in [0.5, 0.6) is 0 Å². The maximum atomic E-state index is 10.8. The highest BCUT2D eigenvalue weighted by Gasteiger charge is 2.54. The SMILES string of the molecule is OC(CN1CCCC1)C12CC3CC(CC(C3)C1)C2. The summed E-state index contributed by atoms with van der Waals surface area (Å²) in [6, 6.07) is 0. The van der Waals surface area contributed by atoms with Crippen molar-refractivity contribution >= 4 is 0 Å². The van der Waals surface area contributed by atoms with Crippen molar-refractivity contribution in [1.29, 1.82) is 0 Å². The monoisotopic (exact) mass is 249 g/mol. The second-order valence-electron chi connectivity index (χ2n) is 7.80. The van der Waals surface area contributed by atoms with Crippen molar-refractivity contribution in [3.8, 4) is 0 Å². The van der Waals surface area contributed by atoms with Gasteiger partial charge in [0.25, 0.3) is 0 Å². The number of likely N-dealkylation sites (tertiary alicyclic amines) is 1. The Morgan fingerprint density at radius 2 is 1.44 bits per heavy atom. The number of aliphatic hydroxyl groups is 1. The lowest BCUT2D eigenvalue weighted by Gasteiger charge is -2.58. The van der Waals surface area contributed by atoms with Crippen molar-refractivity contribution in [2.24, 2.45) is 23.2 Å². The maximum absolute atomic E-state index is 10.8. The number of β-amino-alcohol motifs (C(OH)–C–C–N with tert-alkyl or cyclic N) is 1. The molecular weight excluding hydrogens is 222 g/mol. The first-order valence-electron chi connectivity index (χ1n) is 8.14. The van der Waals surface area contributed by atoms with Crippen LogP contribution in [0.25, 0.3) is 0 Å². The summed E-state index contributed by atoms with van der Waals surface area (Å²) in [6.45, 7) is 3.42. The third kappa shape index (κ3) is 1.84. The van der Waals surface area contributed by atoms with E-state index in [1.807, 2.05) is 0 Å². The van der Waals surface area contributed by atoms with Crippen molar-refractivity contribution in [2.45, 2.75) is 57.5 Å². The molecule has 5 fully saturated rings.